The monoisotopic (exact) mass is 378 g/mol. The molecule has 0 fully saturated rings. The van der Waals surface area contributed by atoms with Crippen molar-refractivity contribution < 1.29 is 0 Å². The maximum atomic E-state index is 12.5. The summed E-state index contributed by atoms with van der Waals surface area (Å²) in [4.78, 5) is 26.2. The largest absolute Gasteiger partial charge is 0.379 e. The van der Waals surface area contributed by atoms with Crippen LogP contribution in [0.5, 0.6) is 0 Å². The van der Waals surface area contributed by atoms with Crippen molar-refractivity contribution in [2.75, 3.05) is 0 Å². The molecule has 0 spiro atoms. The minimum Gasteiger partial charge on any atom is -0.379 e. The van der Waals surface area contributed by atoms with Gasteiger partial charge in [0.15, 0.2) is 5.17 Å². The number of rotatable bonds is 3. The number of hydrogen-bond donors (Lipinski definition) is 2. The summed E-state index contributed by atoms with van der Waals surface area (Å²) in [6, 6.07) is 3.99. The summed E-state index contributed by atoms with van der Waals surface area (Å²) in [5.41, 5.74) is 6.55. The van der Waals surface area contributed by atoms with E-state index in [1.54, 1.807) is 11.3 Å². The number of thioether (sulfide) groups is 1. The molecule has 0 aliphatic carbocycles. The average molecular weight is 379 g/mol. The average Bonchev–Trinajstić information content (AvgIpc) is 3.11. The maximum absolute atomic E-state index is 12.5. The van der Waals surface area contributed by atoms with Gasteiger partial charge in [0.05, 0.1) is 16.7 Å². The number of nitrogens with two attached hydrogens (primary N) is 1. The van der Waals surface area contributed by atoms with Crippen molar-refractivity contribution >= 4 is 49.8 Å². The summed E-state index contributed by atoms with van der Waals surface area (Å²) >= 11 is 4.49. The summed E-state index contributed by atoms with van der Waals surface area (Å²) in [5, 5.41) is 5.15. The first-order valence-corrected chi connectivity index (χ1v) is 10.1. The first-order chi connectivity index (χ1) is 11.3. The number of fused-ring (bicyclic) bond motifs is 1. The van der Waals surface area contributed by atoms with Gasteiger partial charge in [-0.25, -0.2) is 4.98 Å². The van der Waals surface area contributed by atoms with Gasteiger partial charge in [-0.15, -0.1) is 22.7 Å². The van der Waals surface area contributed by atoms with Crippen LogP contribution >= 0.6 is 34.4 Å². The summed E-state index contributed by atoms with van der Waals surface area (Å²) < 4.78 is 0. The third kappa shape index (κ3) is 3.88. The predicted molar refractivity (Wildman–Crippen MR) is 106 cm³/mol. The van der Waals surface area contributed by atoms with Crippen LogP contribution in [0.4, 0.5) is 0 Å². The summed E-state index contributed by atoms with van der Waals surface area (Å²) in [7, 11) is 0. The highest BCUT2D eigenvalue weighted by Crippen LogP contribution is 2.33. The van der Waals surface area contributed by atoms with Gasteiger partial charge < -0.3 is 10.7 Å². The van der Waals surface area contributed by atoms with E-state index >= 15 is 0 Å². The number of aliphatic imine (C=N–C) groups is 1. The molecular weight excluding hydrogens is 360 g/mol. The van der Waals surface area contributed by atoms with Gasteiger partial charge in [-0.3, -0.25) is 9.79 Å². The molecule has 0 amide bonds. The molecule has 0 unspecified atom stereocenters. The number of thiophene rings is 2. The Hall–Kier alpha value is -1.64. The van der Waals surface area contributed by atoms with Crippen LogP contribution < -0.4 is 11.3 Å². The Kier molecular flexibility index (Phi) is 4.80. The van der Waals surface area contributed by atoms with Crippen molar-refractivity contribution in [3.05, 3.63) is 39.1 Å². The number of H-pyrrole nitrogens is 1. The van der Waals surface area contributed by atoms with Crippen molar-refractivity contribution in [1.82, 2.24) is 9.97 Å². The van der Waals surface area contributed by atoms with Gasteiger partial charge in [-0.2, -0.15) is 0 Å². The summed E-state index contributed by atoms with van der Waals surface area (Å²) in [6.07, 6.45) is 0. The molecule has 0 radical (unpaired) electrons. The van der Waals surface area contributed by atoms with E-state index in [1.807, 2.05) is 43.7 Å². The summed E-state index contributed by atoms with van der Waals surface area (Å²) in [5.74, 6) is 1.10. The van der Waals surface area contributed by atoms with Crippen molar-refractivity contribution in [2.24, 2.45) is 10.7 Å². The van der Waals surface area contributed by atoms with Crippen molar-refractivity contribution in [3.8, 4) is 10.4 Å². The Morgan fingerprint density at radius 2 is 2.21 bits per heavy atom. The predicted octanol–water partition coefficient (Wildman–Crippen LogP) is 4.06. The van der Waals surface area contributed by atoms with E-state index in [0.29, 0.717) is 22.1 Å². The lowest BCUT2D eigenvalue weighted by Crippen LogP contribution is -2.18. The Balaban J connectivity index is 1.88. The molecule has 3 aromatic rings. The molecule has 3 heterocycles. The zero-order valence-corrected chi connectivity index (χ0v) is 16.1. The van der Waals surface area contributed by atoms with Crippen LogP contribution in [0.15, 0.2) is 32.7 Å². The number of aromatic nitrogens is 2. The maximum Gasteiger partial charge on any atom is 0.260 e. The van der Waals surface area contributed by atoms with Crippen molar-refractivity contribution in [2.45, 2.75) is 32.1 Å². The van der Waals surface area contributed by atoms with Crippen LogP contribution in [-0.2, 0) is 5.75 Å². The van der Waals surface area contributed by atoms with Gasteiger partial charge in [-0.1, -0.05) is 17.8 Å². The van der Waals surface area contributed by atoms with Crippen LogP contribution in [0.1, 0.15) is 26.6 Å². The molecule has 0 saturated carbocycles. The van der Waals surface area contributed by atoms with Gasteiger partial charge in [0.25, 0.3) is 5.56 Å². The third-order valence-electron chi connectivity index (χ3n) is 3.08. The van der Waals surface area contributed by atoms with E-state index in [2.05, 4.69) is 15.0 Å². The molecule has 0 aliphatic rings. The van der Waals surface area contributed by atoms with Gasteiger partial charge in [-0.05, 0) is 32.2 Å². The molecule has 24 heavy (non-hydrogen) atoms. The Morgan fingerprint density at radius 3 is 2.88 bits per heavy atom. The highest BCUT2D eigenvalue weighted by molar-refractivity contribution is 8.13. The number of aromatic amines is 1. The number of nitrogens with zero attached hydrogens (tertiary/aromatic N) is 2. The minimum atomic E-state index is -0.217. The Labute approximate surface area is 152 Å². The standard InChI is InChI=1S/C16H18N4OS3/c1-16(2,3)20-15(17)24-8-11-18-13(21)12-9(7-23-14(12)19-11)10-5-4-6-22-10/h4-7H,8H2,1-3H3,(H2,17,20)(H,18,19,21). The lowest BCUT2D eigenvalue weighted by Gasteiger charge is -2.12. The van der Waals surface area contributed by atoms with E-state index in [1.165, 1.54) is 23.1 Å². The normalized spacial score (nSPS) is 12.9. The number of amidine groups is 1. The molecule has 3 aromatic heterocycles. The second kappa shape index (κ2) is 6.70. The van der Waals surface area contributed by atoms with Crippen LogP contribution in [0.25, 0.3) is 20.7 Å². The third-order valence-corrected chi connectivity index (χ3v) is 5.66. The van der Waals surface area contributed by atoms with E-state index in [-0.39, 0.29) is 11.1 Å². The SMILES string of the molecule is CC(C)(C)N=C(N)SCc1nc2scc(-c3cccs3)c2c(=O)[nH]1. The molecule has 0 aromatic carbocycles. The lowest BCUT2D eigenvalue weighted by atomic mass is 10.1. The van der Waals surface area contributed by atoms with E-state index in [9.17, 15) is 4.79 Å². The highest BCUT2D eigenvalue weighted by atomic mass is 32.2. The lowest BCUT2D eigenvalue weighted by molar-refractivity contribution is 0.585. The number of nitrogens with one attached hydrogen (secondary N) is 1. The topological polar surface area (TPSA) is 84.1 Å². The Bertz CT molecular complexity index is 933. The van der Waals surface area contributed by atoms with Gasteiger partial charge in [0.2, 0.25) is 0 Å². The van der Waals surface area contributed by atoms with E-state index < -0.39 is 0 Å². The minimum absolute atomic E-state index is 0.105. The van der Waals surface area contributed by atoms with E-state index in [0.717, 1.165) is 15.3 Å². The van der Waals surface area contributed by atoms with Gasteiger partial charge in [0, 0.05) is 15.8 Å². The zero-order chi connectivity index (χ0) is 17.3. The molecule has 126 valence electrons. The molecule has 0 bridgehead atoms. The quantitative estimate of drug-likeness (QED) is 0.532. The Morgan fingerprint density at radius 1 is 1.42 bits per heavy atom. The molecule has 5 nitrogen and oxygen atoms in total. The first kappa shape index (κ1) is 17.2. The zero-order valence-electron chi connectivity index (χ0n) is 13.6. The number of hydrogen-bond acceptors (Lipinski definition) is 6. The summed E-state index contributed by atoms with van der Waals surface area (Å²) in [6.45, 7) is 5.97. The molecule has 3 N–H and O–H groups in total. The van der Waals surface area contributed by atoms with Crippen LogP contribution in [0, 0.1) is 0 Å². The van der Waals surface area contributed by atoms with E-state index in [4.69, 9.17) is 5.73 Å². The molecule has 0 aliphatic heterocycles. The fraction of sp³-hybridized carbons (Fsp3) is 0.312. The van der Waals surface area contributed by atoms with Gasteiger partial charge >= 0.3 is 0 Å². The fourth-order valence-electron chi connectivity index (χ4n) is 2.18. The highest BCUT2D eigenvalue weighted by Gasteiger charge is 2.14. The van der Waals surface area contributed by atoms with Crippen molar-refractivity contribution in [3.63, 3.8) is 0 Å². The van der Waals surface area contributed by atoms with Crippen LogP contribution in [0.3, 0.4) is 0 Å². The van der Waals surface area contributed by atoms with Gasteiger partial charge in [0.1, 0.15) is 10.7 Å². The molecular formula is C16H18N4OS3. The molecule has 3 rings (SSSR count). The van der Waals surface area contributed by atoms with Crippen LogP contribution in [0.2, 0.25) is 0 Å². The second-order valence-electron chi connectivity index (χ2n) is 6.23. The molecule has 0 saturated heterocycles. The van der Waals surface area contributed by atoms with Crippen molar-refractivity contribution in [1.29, 1.82) is 0 Å². The van der Waals surface area contributed by atoms with Crippen LogP contribution in [-0.4, -0.2) is 20.7 Å². The fourth-order valence-corrected chi connectivity index (χ4v) is 4.72. The molecule has 0 atom stereocenters. The molecule has 8 heteroatoms. The smallest absolute Gasteiger partial charge is 0.260 e. The first-order valence-electron chi connectivity index (χ1n) is 7.36. The second-order valence-corrected chi connectivity index (χ2v) is 9.03.